The van der Waals surface area contributed by atoms with Gasteiger partial charge in [-0.1, -0.05) is 66.7 Å². The SMILES string of the molecule is Cc1c(C2CCCCC2)nn(-c2ccccc2Cl)c1-c1ccc(Cl)cc1. The van der Waals surface area contributed by atoms with E-state index in [2.05, 4.69) is 19.1 Å². The largest absolute Gasteiger partial charge is 0.231 e. The first-order chi connectivity index (χ1) is 12.6. The van der Waals surface area contributed by atoms with Crippen LogP contribution in [0.3, 0.4) is 0 Å². The van der Waals surface area contributed by atoms with Gasteiger partial charge < -0.3 is 0 Å². The molecule has 1 saturated carbocycles. The van der Waals surface area contributed by atoms with E-state index in [9.17, 15) is 0 Å². The van der Waals surface area contributed by atoms with E-state index in [0.717, 1.165) is 22.0 Å². The molecule has 2 aromatic carbocycles. The molecular formula is C22H22Cl2N2. The summed E-state index contributed by atoms with van der Waals surface area (Å²) >= 11 is 12.6. The van der Waals surface area contributed by atoms with Crippen molar-refractivity contribution < 1.29 is 0 Å². The molecular weight excluding hydrogens is 363 g/mol. The van der Waals surface area contributed by atoms with Crippen molar-refractivity contribution in [1.29, 1.82) is 0 Å². The van der Waals surface area contributed by atoms with Gasteiger partial charge in [0.25, 0.3) is 0 Å². The molecule has 0 aliphatic heterocycles. The Morgan fingerprint density at radius 1 is 0.923 bits per heavy atom. The topological polar surface area (TPSA) is 17.8 Å². The van der Waals surface area contributed by atoms with E-state index in [1.165, 1.54) is 43.4 Å². The Morgan fingerprint density at radius 2 is 1.62 bits per heavy atom. The molecule has 3 aromatic rings. The fourth-order valence-corrected chi connectivity index (χ4v) is 4.36. The van der Waals surface area contributed by atoms with Gasteiger partial charge in [-0.15, -0.1) is 0 Å². The molecule has 1 aromatic heterocycles. The average molecular weight is 385 g/mol. The normalized spacial score (nSPS) is 15.3. The van der Waals surface area contributed by atoms with E-state index >= 15 is 0 Å². The van der Waals surface area contributed by atoms with E-state index in [1.54, 1.807) is 0 Å². The second-order valence-electron chi connectivity index (χ2n) is 7.06. The summed E-state index contributed by atoms with van der Waals surface area (Å²) in [5, 5.41) is 6.51. The Morgan fingerprint density at radius 3 is 2.31 bits per heavy atom. The molecule has 1 heterocycles. The Bertz CT molecular complexity index is 906. The van der Waals surface area contributed by atoms with Gasteiger partial charge in [-0.2, -0.15) is 5.10 Å². The van der Waals surface area contributed by atoms with Crippen LogP contribution in [0.1, 0.15) is 49.3 Å². The van der Waals surface area contributed by atoms with Crippen LogP contribution >= 0.6 is 23.2 Å². The summed E-state index contributed by atoms with van der Waals surface area (Å²) in [6.45, 7) is 2.19. The third kappa shape index (κ3) is 3.28. The minimum Gasteiger partial charge on any atom is -0.231 e. The molecule has 0 N–H and O–H groups in total. The van der Waals surface area contributed by atoms with E-state index in [1.807, 2.05) is 41.1 Å². The Hall–Kier alpha value is -1.77. The number of nitrogens with zero attached hydrogens (tertiary/aromatic N) is 2. The lowest BCUT2D eigenvalue weighted by Crippen LogP contribution is -2.07. The highest BCUT2D eigenvalue weighted by molar-refractivity contribution is 6.32. The van der Waals surface area contributed by atoms with Gasteiger partial charge >= 0.3 is 0 Å². The van der Waals surface area contributed by atoms with Crippen LogP contribution in [0.2, 0.25) is 10.0 Å². The van der Waals surface area contributed by atoms with Gasteiger partial charge in [0.1, 0.15) is 0 Å². The molecule has 26 heavy (non-hydrogen) atoms. The molecule has 0 atom stereocenters. The highest BCUT2D eigenvalue weighted by Crippen LogP contribution is 2.39. The third-order valence-electron chi connectivity index (χ3n) is 5.35. The first kappa shape index (κ1) is 17.6. The average Bonchev–Trinajstić information content (AvgIpc) is 3.01. The van der Waals surface area contributed by atoms with Gasteiger partial charge in [-0.25, -0.2) is 4.68 Å². The molecule has 1 aliphatic rings. The fraction of sp³-hybridized carbons (Fsp3) is 0.318. The summed E-state index contributed by atoms with van der Waals surface area (Å²) < 4.78 is 2.02. The van der Waals surface area contributed by atoms with Crippen LogP contribution in [-0.2, 0) is 0 Å². The van der Waals surface area contributed by atoms with Gasteiger partial charge in [0.05, 0.1) is 22.1 Å². The van der Waals surface area contributed by atoms with Crippen LogP contribution in [-0.4, -0.2) is 9.78 Å². The monoisotopic (exact) mass is 384 g/mol. The highest BCUT2D eigenvalue weighted by atomic mass is 35.5. The van der Waals surface area contributed by atoms with Crippen LogP contribution in [0.5, 0.6) is 0 Å². The number of halogens is 2. The second-order valence-corrected chi connectivity index (χ2v) is 7.91. The molecule has 0 unspecified atom stereocenters. The number of benzene rings is 2. The lowest BCUT2D eigenvalue weighted by atomic mass is 9.85. The van der Waals surface area contributed by atoms with E-state index in [0.29, 0.717) is 10.9 Å². The van der Waals surface area contributed by atoms with E-state index in [-0.39, 0.29) is 0 Å². The summed E-state index contributed by atoms with van der Waals surface area (Å²) in [6, 6.07) is 15.9. The zero-order chi connectivity index (χ0) is 18.1. The number of hydrogen-bond donors (Lipinski definition) is 0. The highest BCUT2D eigenvalue weighted by Gasteiger charge is 2.25. The Balaban J connectivity index is 1.91. The molecule has 134 valence electrons. The van der Waals surface area contributed by atoms with Crippen LogP contribution in [0.4, 0.5) is 0 Å². The van der Waals surface area contributed by atoms with Gasteiger partial charge in [-0.3, -0.25) is 0 Å². The quantitative estimate of drug-likeness (QED) is 0.466. The number of hydrogen-bond acceptors (Lipinski definition) is 1. The minimum atomic E-state index is 0.540. The van der Waals surface area contributed by atoms with Crippen molar-refractivity contribution in [2.24, 2.45) is 0 Å². The van der Waals surface area contributed by atoms with Crippen molar-refractivity contribution in [2.45, 2.75) is 44.9 Å². The van der Waals surface area contributed by atoms with E-state index < -0.39 is 0 Å². The van der Waals surface area contributed by atoms with Crippen molar-refractivity contribution in [1.82, 2.24) is 9.78 Å². The zero-order valence-corrected chi connectivity index (χ0v) is 16.4. The fourth-order valence-electron chi connectivity index (χ4n) is 4.02. The summed E-state index contributed by atoms with van der Waals surface area (Å²) in [5.74, 6) is 0.540. The smallest absolute Gasteiger partial charge is 0.0839 e. The lowest BCUT2D eigenvalue weighted by Gasteiger charge is -2.20. The predicted molar refractivity (Wildman–Crippen MR) is 110 cm³/mol. The maximum Gasteiger partial charge on any atom is 0.0839 e. The number of rotatable bonds is 3. The summed E-state index contributed by atoms with van der Waals surface area (Å²) in [4.78, 5) is 0. The molecule has 4 rings (SSSR count). The molecule has 0 saturated heterocycles. The first-order valence-corrected chi connectivity index (χ1v) is 10.0. The molecule has 0 radical (unpaired) electrons. The second kappa shape index (κ2) is 7.46. The zero-order valence-electron chi connectivity index (χ0n) is 14.9. The Kier molecular flexibility index (Phi) is 5.06. The lowest BCUT2D eigenvalue weighted by molar-refractivity contribution is 0.434. The first-order valence-electron chi connectivity index (χ1n) is 9.25. The predicted octanol–water partition coefficient (Wildman–Crippen LogP) is 7.20. The molecule has 2 nitrogen and oxygen atoms in total. The van der Waals surface area contributed by atoms with Crippen molar-refractivity contribution in [3.63, 3.8) is 0 Å². The summed E-state index contributed by atoms with van der Waals surface area (Å²) in [5.41, 5.74) is 5.61. The van der Waals surface area contributed by atoms with E-state index in [4.69, 9.17) is 28.3 Å². The maximum absolute atomic E-state index is 6.51. The van der Waals surface area contributed by atoms with Crippen molar-refractivity contribution >= 4 is 23.2 Å². The van der Waals surface area contributed by atoms with Crippen molar-refractivity contribution in [3.8, 4) is 16.9 Å². The standard InChI is InChI=1S/C22H22Cl2N2/c1-15-21(16-7-3-2-4-8-16)25-26(20-10-6-5-9-19(20)24)22(15)17-11-13-18(23)14-12-17/h5-6,9-14,16H,2-4,7-8H2,1H3. The number of para-hydroxylation sites is 1. The van der Waals surface area contributed by atoms with Gasteiger partial charge in [0, 0.05) is 16.5 Å². The van der Waals surface area contributed by atoms with Gasteiger partial charge in [0.2, 0.25) is 0 Å². The van der Waals surface area contributed by atoms with Crippen LogP contribution in [0.25, 0.3) is 16.9 Å². The molecule has 0 bridgehead atoms. The van der Waals surface area contributed by atoms with Crippen molar-refractivity contribution in [3.05, 3.63) is 69.8 Å². The third-order valence-corrected chi connectivity index (χ3v) is 5.92. The van der Waals surface area contributed by atoms with Crippen LogP contribution < -0.4 is 0 Å². The van der Waals surface area contributed by atoms with Crippen LogP contribution in [0, 0.1) is 6.92 Å². The molecule has 1 fully saturated rings. The summed E-state index contributed by atoms with van der Waals surface area (Å²) in [7, 11) is 0. The van der Waals surface area contributed by atoms with Gasteiger partial charge in [-0.05, 0) is 49.6 Å². The van der Waals surface area contributed by atoms with Crippen molar-refractivity contribution in [2.75, 3.05) is 0 Å². The minimum absolute atomic E-state index is 0.540. The Labute approximate surface area is 164 Å². The molecule has 1 aliphatic carbocycles. The van der Waals surface area contributed by atoms with Gasteiger partial charge in [0.15, 0.2) is 0 Å². The maximum atomic E-state index is 6.51. The molecule has 0 amide bonds. The number of aromatic nitrogens is 2. The summed E-state index contributed by atoms with van der Waals surface area (Å²) in [6.07, 6.45) is 6.37. The molecule has 0 spiro atoms. The molecule has 4 heteroatoms. The van der Waals surface area contributed by atoms with Crippen LogP contribution in [0.15, 0.2) is 48.5 Å².